The number of sulfone groups is 1. The minimum Gasteiger partial charge on any atom is -0.481 e. The number of carboxylic acids is 1. The number of aliphatic carboxylic acids is 1. The van der Waals surface area contributed by atoms with Crippen LogP contribution in [0, 0.1) is 5.41 Å². The monoisotopic (exact) mass is 351 g/mol. The Bertz CT molecular complexity index is 744. The fraction of sp³-hybridized carbons (Fsp3) is 0.529. The molecule has 0 radical (unpaired) electrons. The molecule has 1 aromatic carbocycles. The Morgan fingerprint density at radius 1 is 1.12 bits per heavy atom. The molecule has 2 aliphatic carbocycles. The van der Waals surface area contributed by atoms with Crippen molar-refractivity contribution in [1.82, 2.24) is 5.32 Å². The summed E-state index contributed by atoms with van der Waals surface area (Å²) in [7, 11) is -3.33. The van der Waals surface area contributed by atoms with Crippen LogP contribution in [0.4, 0.5) is 0 Å². The standard InChI is InChI=1S/C17H21NO5S/c19-15(18-11-17(9-10-17)16(20)21)12-5-7-14(8-6-12)24(22,23)13-3-1-2-4-13/h5-8,13H,1-4,9-11H2,(H,18,19)(H,20,21). The van der Waals surface area contributed by atoms with Crippen molar-refractivity contribution in [3.8, 4) is 0 Å². The van der Waals surface area contributed by atoms with Crippen LogP contribution in [0.2, 0.25) is 0 Å². The number of amides is 1. The number of carbonyl (C=O) groups is 2. The highest BCUT2D eigenvalue weighted by Crippen LogP contribution is 2.45. The number of rotatable bonds is 6. The third kappa shape index (κ3) is 3.17. The van der Waals surface area contributed by atoms with Crippen LogP contribution in [-0.2, 0) is 14.6 Å². The second-order valence-electron chi connectivity index (χ2n) is 6.74. The molecule has 24 heavy (non-hydrogen) atoms. The summed E-state index contributed by atoms with van der Waals surface area (Å²) in [6.45, 7) is 0.100. The van der Waals surface area contributed by atoms with E-state index in [4.69, 9.17) is 5.11 Å². The molecular weight excluding hydrogens is 330 g/mol. The van der Waals surface area contributed by atoms with Gasteiger partial charge in [0.25, 0.3) is 5.91 Å². The van der Waals surface area contributed by atoms with Crippen LogP contribution in [0.1, 0.15) is 48.9 Å². The molecule has 0 unspecified atom stereocenters. The quantitative estimate of drug-likeness (QED) is 0.816. The van der Waals surface area contributed by atoms with E-state index in [9.17, 15) is 18.0 Å². The Labute approximate surface area is 141 Å². The van der Waals surface area contributed by atoms with Gasteiger partial charge < -0.3 is 10.4 Å². The molecule has 1 aromatic rings. The zero-order chi connectivity index (χ0) is 17.4. The van der Waals surface area contributed by atoms with Crippen molar-refractivity contribution in [1.29, 1.82) is 0 Å². The molecule has 2 aliphatic rings. The maximum absolute atomic E-state index is 12.5. The third-order valence-corrected chi connectivity index (χ3v) is 7.36. The molecule has 1 amide bonds. The fourth-order valence-electron chi connectivity index (χ4n) is 3.16. The number of carboxylic acid groups (broad SMARTS) is 1. The predicted molar refractivity (Wildman–Crippen MR) is 87.5 cm³/mol. The molecule has 2 saturated carbocycles. The number of hydrogen-bond acceptors (Lipinski definition) is 4. The third-order valence-electron chi connectivity index (χ3n) is 5.08. The largest absolute Gasteiger partial charge is 0.481 e. The second-order valence-corrected chi connectivity index (χ2v) is 8.97. The highest BCUT2D eigenvalue weighted by Gasteiger charge is 2.50. The minimum absolute atomic E-state index is 0.100. The summed E-state index contributed by atoms with van der Waals surface area (Å²) in [6.07, 6.45) is 4.41. The van der Waals surface area contributed by atoms with E-state index in [1.165, 1.54) is 24.3 Å². The molecule has 7 heteroatoms. The summed E-state index contributed by atoms with van der Waals surface area (Å²) < 4.78 is 25.0. The zero-order valence-corrected chi connectivity index (χ0v) is 14.1. The van der Waals surface area contributed by atoms with Gasteiger partial charge in [0.2, 0.25) is 0 Å². The number of nitrogens with one attached hydrogen (secondary N) is 1. The number of carbonyl (C=O) groups excluding carboxylic acids is 1. The van der Waals surface area contributed by atoms with E-state index in [1.54, 1.807) is 0 Å². The van der Waals surface area contributed by atoms with Crippen molar-refractivity contribution in [2.24, 2.45) is 5.41 Å². The van der Waals surface area contributed by atoms with Gasteiger partial charge >= 0.3 is 5.97 Å². The molecule has 0 bridgehead atoms. The molecule has 0 saturated heterocycles. The van der Waals surface area contributed by atoms with Crippen molar-refractivity contribution in [2.75, 3.05) is 6.54 Å². The Morgan fingerprint density at radius 2 is 1.71 bits per heavy atom. The normalized spacial score (nSPS) is 19.8. The van der Waals surface area contributed by atoms with E-state index >= 15 is 0 Å². The van der Waals surface area contributed by atoms with Crippen molar-refractivity contribution in [2.45, 2.75) is 48.7 Å². The highest BCUT2D eigenvalue weighted by atomic mass is 32.2. The van der Waals surface area contributed by atoms with Crippen molar-refractivity contribution in [3.63, 3.8) is 0 Å². The van der Waals surface area contributed by atoms with Crippen LogP contribution in [0.15, 0.2) is 29.2 Å². The summed E-state index contributed by atoms with van der Waals surface area (Å²) in [5.41, 5.74) is -0.483. The summed E-state index contributed by atoms with van der Waals surface area (Å²) >= 11 is 0. The minimum atomic E-state index is -3.33. The van der Waals surface area contributed by atoms with Gasteiger partial charge in [-0.3, -0.25) is 9.59 Å². The lowest BCUT2D eigenvalue weighted by Crippen LogP contribution is -2.34. The van der Waals surface area contributed by atoms with E-state index in [0.717, 1.165) is 12.8 Å². The van der Waals surface area contributed by atoms with Gasteiger partial charge in [0.15, 0.2) is 9.84 Å². The highest BCUT2D eigenvalue weighted by molar-refractivity contribution is 7.92. The smallest absolute Gasteiger partial charge is 0.311 e. The number of benzene rings is 1. The van der Waals surface area contributed by atoms with Gasteiger partial charge in [0.05, 0.1) is 15.6 Å². The first-order chi connectivity index (χ1) is 11.3. The zero-order valence-electron chi connectivity index (χ0n) is 13.3. The Balaban J connectivity index is 1.66. The average Bonchev–Trinajstić information content (AvgIpc) is 3.15. The predicted octanol–water partition coefficient (Wildman–Crippen LogP) is 2.00. The first-order valence-electron chi connectivity index (χ1n) is 8.21. The van der Waals surface area contributed by atoms with E-state index in [2.05, 4.69) is 5.32 Å². The fourth-order valence-corrected chi connectivity index (χ4v) is 5.01. The SMILES string of the molecule is O=C(NCC1(C(=O)O)CC1)c1ccc(S(=O)(=O)C2CCCC2)cc1. The lowest BCUT2D eigenvalue weighted by atomic mass is 10.1. The average molecular weight is 351 g/mol. The summed E-state index contributed by atoms with van der Waals surface area (Å²) in [5.74, 6) is -1.27. The summed E-state index contributed by atoms with van der Waals surface area (Å²) in [6, 6.07) is 5.90. The Hall–Kier alpha value is -1.89. The second kappa shape index (κ2) is 6.20. The maximum Gasteiger partial charge on any atom is 0.311 e. The molecule has 2 fully saturated rings. The molecule has 0 atom stereocenters. The van der Waals surface area contributed by atoms with Crippen LogP contribution in [0.3, 0.4) is 0 Å². The maximum atomic E-state index is 12.5. The van der Waals surface area contributed by atoms with E-state index in [-0.39, 0.29) is 22.6 Å². The Kier molecular flexibility index (Phi) is 4.38. The van der Waals surface area contributed by atoms with Crippen LogP contribution in [0.25, 0.3) is 0 Å². The van der Waals surface area contributed by atoms with Crippen molar-refractivity contribution in [3.05, 3.63) is 29.8 Å². The van der Waals surface area contributed by atoms with Crippen molar-refractivity contribution >= 4 is 21.7 Å². The van der Waals surface area contributed by atoms with Gasteiger partial charge in [-0.25, -0.2) is 8.42 Å². The van der Waals surface area contributed by atoms with Gasteiger partial charge in [-0.2, -0.15) is 0 Å². The van der Waals surface area contributed by atoms with Gasteiger partial charge in [-0.05, 0) is 49.9 Å². The first-order valence-corrected chi connectivity index (χ1v) is 9.75. The lowest BCUT2D eigenvalue weighted by molar-refractivity contribution is -0.143. The van der Waals surface area contributed by atoms with E-state index < -0.39 is 21.2 Å². The molecule has 130 valence electrons. The van der Waals surface area contributed by atoms with E-state index in [1.807, 2.05) is 0 Å². The van der Waals surface area contributed by atoms with Crippen LogP contribution in [0.5, 0.6) is 0 Å². The van der Waals surface area contributed by atoms with Crippen LogP contribution >= 0.6 is 0 Å². The molecule has 6 nitrogen and oxygen atoms in total. The van der Waals surface area contributed by atoms with Crippen molar-refractivity contribution < 1.29 is 23.1 Å². The topological polar surface area (TPSA) is 101 Å². The van der Waals surface area contributed by atoms with Crippen LogP contribution < -0.4 is 5.32 Å². The lowest BCUT2D eigenvalue weighted by Gasteiger charge is -2.13. The molecular formula is C17H21NO5S. The van der Waals surface area contributed by atoms with Gasteiger partial charge in [-0.1, -0.05) is 12.8 Å². The molecule has 3 rings (SSSR count). The Morgan fingerprint density at radius 3 is 2.21 bits per heavy atom. The summed E-state index contributed by atoms with van der Waals surface area (Å²) in [4.78, 5) is 23.4. The molecule has 0 aliphatic heterocycles. The molecule has 0 heterocycles. The summed E-state index contributed by atoms with van der Waals surface area (Å²) in [5, 5.41) is 11.4. The van der Waals surface area contributed by atoms with Gasteiger partial charge in [-0.15, -0.1) is 0 Å². The van der Waals surface area contributed by atoms with E-state index in [0.29, 0.717) is 31.2 Å². The van der Waals surface area contributed by atoms with Crippen LogP contribution in [-0.4, -0.2) is 37.2 Å². The van der Waals surface area contributed by atoms with Gasteiger partial charge in [0.1, 0.15) is 0 Å². The van der Waals surface area contributed by atoms with Gasteiger partial charge in [0, 0.05) is 12.1 Å². The first kappa shape index (κ1) is 17.0. The molecule has 0 spiro atoms. The number of hydrogen-bond donors (Lipinski definition) is 2. The molecule has 0 aromatic heterocycles. The molecule has 2 N–H and O–H groups in total.